The molecule has 3 aromatic carbocycles. The normalized spacial score (nSPS) is 10.4. The average Bonchev–Trinajstić information content (AvgIpc) is 3.21. The lowest BCUT2D eigenvalue weighted by Gasteiger charge is -2.07. The van der Waals surface area contributed by atoms with Gasteiger partial charge in [-0.15, -0.1) is 0 Å². The molecule has 0 radical (unpaired) electrons. The minimum absolute atomic E-state index is 0.124. The summed E-state index contributed by atoms with van der Waals surface area (Å²) >= 11 is 0. The zero-order valence-corrected chi connectivity index (χ0v) is 17.3. The topological polar surface area (TPSA) is 85.3 Å². The van der Waals surface area contributed by atoms with E-state index in [0.717, 1.165) is 11.1 Å². The number of carbonyl (C=O) groups excluding carboxylic acids is 2. The molecule has 0 aliphatic heterocycles. The lowest BCUT2D eigenvalue weighted by Crippen LogP contribution is -2.21. The van der Waals surface area contributed by atoms with E-state index in [1.54, 1.807) is 23.0 Å². The van der Waals surface area contributed by atoms with Gasteiger partial charge >= 0.3 is 12.0 Å². The lowest BCUT2D eigenvalue weighted by atomic mass is 10.2. The number of anilines is 2. The number of hydrogen-bond acceptors (Lipinski definition) is 4. The Hall–Kier alpha value is -4.39. The number of rotatable bonds is 7. The first-order valence-corrected chi connectivity index (χ1v) is 10.1. The highest BCUT2D eigenvalue weighted by atomic mass is 16.5. The first-order chi connectivity index (χ1) is 15.7. The molecule has 2 N–H and O–H groups in total. The molecule has 0 fully saturated rings. The highest BCUT2D eigenvalue weighted by Gasteiger charge is 2.20. The maximum atomic E-state index is 12.8. The molecular weight excluding hydrogens is 404 g/mol. The van der Waals surface area contributed by atoms with Gasteiger partial charge in [-0.25, -0.2) is 9.59 Å². The largest absolute Gasteiger partial charge is 0.457 e. The van der Waals surface area contributed by atoms with Crippen molar-refractivity contribution in [2.75, 3.05) is 10.6 Å². The molecular formula is C25H22N4O3. The van der Waals surface area contributed by atoms with Crippen molar-refractivity contribution in [1.82, 2.24) is 9.78 Å². The van der Waals surface area contributed by atoms with Crippen LogP contribution in [0.25, 0.3) is 0 Å². The van der Waals surface area contributed by atoms with Crippen LogP contribution in [0.2, 0.25) is 0 Å². The predicted octanol–water partition coefficient (Wildman–Crippen LogP) is 4.93. The van der Waals surface area contributed by atoms with E-state index >= 15 is 0 Å². The van der Waals surface area contributed by atoms with Gasteiger partial charge in [0.2, 0.25) is 0 Å². The average molecular weight is 426 g/mol. The van der Waals surface area contributed by atoms with Gasteiger partial charge in [-0.05, 0) is 23.3 Å². The van der Waals surface area contributed by atoms with E-state index in [2.05, 4.69) is 15.7 Å². The first-order valence-electron chi connectivity index (χ1n) is 10.1. The minimum Gasteiger partial charge on any atom is -0.457 e. The Balaban J connectivity index is 1.52. The van der Waals surface area contributed by atoms with Crippen LogP contribution in [0.1, 0.15) is 21.5 Å². The van der Waals surface area contributed by atoms with Crippen LogP contribution in [0.3, 0.4) is 0 Å². The number of para-hydroxylation sites is 1. The van der Waals surface area contributed by atoms with Gasteiger partial charge in [-0.3, -0.25) is 10.00 Å². The van der Waals surface area contributed by atoms with Crippen molar-refractivity contribution in [1.29, 1.82) is 0 Å². The van der Waals surface area contributed by atoms with E-state index < -0.39 is 12.0 Å². The van der Waals surface area contributed by atoms with Crippen LogP contribution in [0, 0.1) is 0 Å². The van der Waals surface area contributed by atoms with Crippen molar-refractivity contribution in [3.05, 3.63) is 114 Å². The lowest BCUT2D eigenvalue weighted by molar-refractivity contribution is 0.0474. The number of carbonyl (C=O) groups is 2. The van der Waals surface area contributed by atoms with Crippen molar-refractivity contribution in [3.63, 3.8) is 0 Å². The van der Waals surface area contributed by atoms with Crippen molar-refractivity contribution >= 4 is 23.5 Å². The maximum Gasteiger partial charge on any atom is 0.343 e. The van der Waals surface area contributed by atoms with Gasteiger partial charge in [0, 0.05) is 11.9 Å². The standard InChI is InChI=1S/C25H22N4O3/c30-24(32-18-20-12-6-2-7-13-20)22-17-29(16-19-10-4-1-5-11-19)28-23(22)27-25(31)26-21-14-8-3-9-15-21/h1-15,17H,16,18H2,(H2,26,27,28,31). The molecule has 2 amide bonds. The fraction of sp³-hybridized carbons (Fsp3) is 0.0800. The molecule has 4 rings (SSSR count). The summed E-state index contributed by atoms with van der Waals surface area (Å²) in [5.74, 6) is -0.435. The highest BCUT2D eigenvalue weighted by Crippen LogP contribution is 2.18. The number of benzene rings is 3. The smallest absolute Gasteiger partial charge is 0.343 e. The Labute approximate surface area is 185 Å². The molecule has 7 nitrogen and oxygen atoms in total. The molecule has 0 spiro atoms. The number of nitrogens with zero attached hydrogens (tertiary/aromatic N) is 2. The maximum absolute atomic E-state index is 12.8. The van der Waals surface area contributed by atoms with E-state index in [1.807, 2.05) is 78.9 Å². The third-order valence-corrected chi connectivity index (χ3v) is 4.65. The molecule has 0 aliphatic rings. The summed E-state index contributed by atoms with van der Waals surface area (Å²) in [5.41, 5.74) is 2.69. The molecule has 0 bridgehead atoms. The fourth-order valence-electron chi connectivity index (χ4n) is 3.11. The summed E-state index contributed by atoms with van der Waals surface area (Å²) in [6, 6.07) is 27.6. The molecule has 0 atom stereocenters. The van der Waals surface area contributed by atoms with Crippen LogP contribution in [0.15, 0.2) is 97.2 Å². The monoisotopic (exact) mass is 426 g/mol. The second-order valence-electron chi connectivity index (χ2n) is 7.08. The van der Waals surface area contributed by atoms with Gasteiger partial charge in [0.15, 0.2) is 5.82 Å². The summed E-state index contributed by atoms with van der Waals surface area (Å²) in [7, 11) is 0. The Kier molecular flexibility index (Phi) is 6.57. The molecule has 160 valence electrons. The van der Waals surface area contributed by atoms with Crippen molar-refractivity contribution < 1.29 is 14.3 Å². The van der Waals surface area contributed by atoms with Crippen molar-refractivity contribution in [2.24, 2.45) is 0 Å². The molecule has 0 unspecified atom stereocenters. The third kappa shape index (κ3) is 5.60. The summed E-state index contributed by atoms with van der Waals surface area (Å²) in [4.78, 5) is 25.3. The number of ether oxygens (including phenoxy) is 1. The Bertz CT molecular complexity index is 1180. The van der Waals surface area contributed by atoms with Crippen LogP contribution < -0.4 is 10.6 Å². The fourth-order valence-corrected chi connectivity index (χ4v) is 3.11. The second kappa shape index (κ2) is 10.1. The summed E-state index contributed by atoms with van der Waals surface area (Å²) in [6.07, 6.45) is 1.58. The molecule has 0 saturated carbocycles. The van der Waals surface area contributed by atoms with Gasteiger partial charge < -0.3 is 10.1 Å². The minimum atomic E-state index is -0.567. The molecule has 1 heterocycles. The second-order valence-corrected chi connectivity index (χ2v) is 7.08. The number of hydrogen-bond donors (Lipinski definition) is 2. The molecule has 0 aliphatic carbocycles. The Morgan fingerprint density at radius 1 is 0.781 bits per heavy atom. The SMILES string of the molecule is O=C(Nc1ccccc1)Nc1nn(Cc2ccccc2)cc1C(=O)OCc1ccccc1. The summed E-state index contributed by atoms with van der Waals surface area (Å²) < 4.78 is 7.06. The Morgan fingerprint density at radius 3 is 2.03 bits per heavy atom. The number of esters is 1. The van der Waals surface area contributed by atoms with Crippen molar-refractivity contribution in [2.45, 2.75) is 13.2 Å². The zero-order chi connectivity index (χ0) is 22.2. The Morgan fingerprint density at radius 2 is 1.38 bits per heavy atom. The van der Waals surface area contributed by atoms with Gasteiger partial charge in [0.1, 0.15) is 12.2 Å². The molecule has 7 heteroatoms. The van der Waals surface area contributed by atoms with E-state index in [4.69, 9.17) is 4.74 Å². The number of urea groups is 1. The summed E-state index contributed by atoms with van der Waals surface area (Å²) in [6.45, 7) is 0.570. The zero-order valence-electron chi connectivity index (χ0n) is 17.3. The molecule has 1 aromatic heterocycles. The molecule has 32 heavy (non-hydrogen) atoms. The molecule has 0 saturated heterocycles. The van der Waals surface area contributed by atoms with Crippen molar-refractivity contribution in [3.8, 4) is 0 Å². The quantitative estimate of drug-likeness (QED) is 0.410. The van der Waals surface area contributed by atoms with Crippen LogP contribution in [-0.4, -0.2) is 21.8 Å². The van der Waals surface area contributed by atoms with Gasteiger partial charge in [0.05, 0.1) is 6.54 Å². The van der Waals surface area contributed by atoms with Gasteiger partial charge in [-0.1, -0.05) is 78.9 Å². The van der Waals surface area contributed by atoms with E-state index in [-0.39, 0.29) is 18.0 Å². The van der Waals surface area contributed by atoms with Crippen LogP contribution >= 0.6 is 0 Å². The number of aromatic nitrogens is 2. The number of nitrogens with one attached hydrogen (secondary N) is 2. The first kappa shape index (κ1) is 20.9. The van der Waals surface area contributed by atoms with E-state index in [0.29, 0.717) is 12.2 Å². The highest BCUT2D eigenvalue weighted by molar-refractivity contribution is 6.04. The van der Waals surface area contributed by atoms with Crippen LogP contribution in [0.4, 0.5) is 16.3 Å². The van der Waals surface area contributed by atoms with Crippen LogP contribution in [0.5, 0.6) is 0 Å². The predicted molar refractivity (Wildman–Crippen MR) is 122 cm³/mol. The number of amides is 2. The van der Waals surface area contributed by atoms with Gasteiger partial charge in [0.25, 0.3) is 0 Å². The summed E-state index contributed by atoms with van der Waals surface area (Å²) in [5, 5.41) is 9.79. The van der Waals surface area contributed by atoms with Gasteiger partial charge in [-0.2, -0.15) is 5.10 Å². The molecule has 4 aromatic rings. The third-order valence-electron chi connectivity index (χ3n) is 4.65. The van der Waals surface area contributed by atoms with Crippen LogP contribution in [-0.2, 0) is 17.9 Å². The van der Waals surface area contributed by atoms with E-state index in [9.17, 15) is 9.59 Å². The van der Waals surface area contributed by atoms with E-state index in [1.165, 1.54) is 0 Å².